The van der Waals surface area contributed by atoms with Crippen LogP contribution < -0.4 is 0 Å². The summed E-state index contributed by atoms with van der Waals surface area (Å²) >= 11 is 0. The second-order valence-electron chi connectivity index (χ2n) is 4.81. The van der Waals surface area contributed by atoms with Crippen LogP contribution in [0.1, 0.15) is 32.6 Å². The van der Waals surface area contributed by atoms with Crippen molar-refractivity contribution in [3.05, 3.63) is 0 Å². The molecule has 0 aromatic carbocycles. The van der Waals surface area contributed by atoms with E-state index in [1.54, 1.807) is 12.0 Å². The van der Waals surface area contributed by atoms with Gasteiger partial charge in [-0.25, -0.2) is 0 Å². The van der Waals surface area contributed by atoms with Crippen LogP contribution in [0.15, 0.2) is 0 Å². The Balaban J connectivity index is 2.55. The molecule has 2 unspecified atom stereocenters. The summed E-state index contributed by atoms with van der Waals surface area (Å²) in [6, 6.07) is 0. The molecule has 1 aliphatic rings. The molecule has 1 amide bonds. The van der Waals surface area contributed by atoms with Crippen LogP contribution >= 0.6 is 0 Å². The first-order valence-electron chi connectivity index (χ1n) is 6.60. The highest BCUT2D eigenvalue weighted by molar-refractivity contribution is 5.80. The van der Waals surface area contributed by atoms with Gasteiger partial charge in [0.2, 0.25) is 5.91 Å². The molecule has 18 heavy (non-hydrogen) atoms. The summed E-state index contributed by atoms with van der Waals surface area (Å²) in [5, 5.41) is 9.03. The van der Waals surface area contributed by atoms with Gasteiger partial charge in [-0.2, -0.15) is 0 Å². The van der Waals surface area contributed by atoms with E-state index in [0.29, 0.717) is 32.5 Å². The van der Waals surface area contributed by atoms with Crippen LogP contribution in [-0.4, -0.2) is 48.7 Å². The number of carbonyl (C=O) groups is 2. The van der Waals surface area contributed by atoms with E-state index < -0.39 is 5.97 Å². The summed E-state index contributed by atoms with van der Waals surface area (Å²) in [7, 11) is 1.61. The van der Waals surface area contributed by atoms with Crippen LogP contribution in [0, 0.1) is 11.8 Å². The molecule has 1 fully saturated rings. The summed E-state index contributed by atoms with van der Waals surface area (Å²) in [4.78, 5) is 25.0. The summed E-state index contributed by atoms with van der Waals surface area (Å²) in [5.74, 6) is -1.17. The molecule has 0 aliphatic heterocycles. The summed E-state index contributed by atoms with van der Waals surface area (Å²) < 4.78 is 4.98. The molecule has 5 nitrogen and oxygen atoms in total. The molecule has 0 aromatic rings. The van der Waals surface area contributed by atoms with Gasteiger partial charge in [0.1, 0.15) is 0 Å². The monoisotopic (exact) mass is 257 g/mol. The number of amides is 1. The largest absolute Gasteiger partial charge is 0.481 e. The zero-order valence-electron chi connectivity index (χ0n) is 11.2. The van der Waals surface area contributed by atoms with Gasteiger partial charge in [0, 0.05) is 26.1 Å². The van der Waals surface area contributed by atoms with E-state index in [-0.39, 0.29) is 17.7 Å². The molecule has 0 bridgehead atoms. The molecule has 5 heteroatoms. The van der Waals surface area contributed by atoms with E-state index in [9.17, 15) is 9.59 Å². The second kappa shape index (κ2) is 7.36. The Bertz CT molecular complexity index is 293. The van der Waals surface area contributed by atoms with Gasteiger partial charge in [-0.15, -0.1) is 0 Å². The molecule has 104 valence electrons. The highest BCUT2D eigenvalue weighted by Gasteiger charge is 2.32. The molecule has 0 spiro atoms. The predicted molar refractivity (Wildman–Crippen MR) is 67.2 cm³/mol. The van der Waals surface area contributed by atoms with Gasteiger partial charge in [0.15, 0.2) is 0 Å². The molecule has 0 saturated heterocycles. The van der Waals surface area contributed by atoms with Crippen molar-refractivity contribution in [3.8, 4) is 0 Å². The first-order chi connectivity index (χ1) is 8.60. The molecule has 1 aliphatic carbocycles. The van der Waals surface area contributed by atoms with Gasteiger partial charge in [0.05, 0.1) is 12.5 Å². The Kier molecular flexibility index (Phi) is 6.12. The lowest BCUT2D eigenvalue weighted by atomic mass is 9.80. The Morgan fingerprint density at radius 3 is 2.56 bits per heavy atom. The number of aliphatic carboxylic acids is 1. The molecule has 1 rings (SSSR count). The summed E-state index contributed by atoms with van der Waals surface area (Å²) in [5.41, 5.74) is 0. The quantitative estimate of drug-likeness (QED) is 0.780. The molecule has 0 aromatic heterocycles. The van der Waals surface area contributed by atoms with E-state index in [2.05, 4.69) is 0 Å². The van der Waals surface area contributed by atoms with Crippen LogP contribution in [-0.2, 0) is 14.3 Å². The van der Waals surface area contributed by atoms with E-state index >= 15 is 0 Å². The van der Waals surface area contributed by atoms with Crippen LogP contribution in [0.2, 0.25) is 0 Å². The van der Waals surface area contributed by atoms with Crippen molar-refractivity contribution >= 4 is 11.9 Å². The lowest BCUT2D eigenvalue weighted by Crippen LogP contribution is -2.40. The van der Waals surface area contributed by atoms with Crippen molar-refractivity contribution < 1.29 is 19.4 Å². The van der Waals surface area contributed by atoms with Crippen molar-refractivity contribution in [2.45, 2.75) is 32.6 Å². The highest BCUT2D eigenvalue weighted by atomic mass is 16.5. The fourth-order valence-corrected chi connectivity index (χ4v) is 2.52. The smallest absolute Gasteiger partial charge is 0.306 e. The van der Waals surface area contributed by atoms with E-state index in [0.717, 1.165) is 12.8 Å². The van der Waals surface area contributed by atoms with Gasteiger partial charge < -0.3 is 14.7 Å². The minimum absolute atomic E-state index is 0.0838. The van der Waals surface area contributed by atoms with Crippen molar-refractivity contribution in [3.63, 3.8) is 0 Å². The molecular formula is C13H23NO4. The Morgan fingerprint density at radius 2 is 2.00 bits per heavy atom. The van der Waals surface area contributed by atoms with Gasteiger partial charge in [-0.05, 0) is 26.2 Å². The molecular weight excluding hydrogens is 234 g/mol. The van der Waals surface area contributed by atoms with E-state index in [1.807, 2.05) is 6.92 Å². The average molecular weight is 257 g/mol. The lowest BCUT2D eigenvalue weighted by molar-refractivity contribution is -0.145. The maximum Gasteiger partial charge on any atom is 0.306 e. The summed E-state index contributed by atoms with van der Waals surface area (Å²) in [6.07, 6.45) is 2.82. The van der Waals surface area contributed by atoms with Gasteiger partial charge in [0.25, 0.3) is 0 Å². The van der Waals surface area contributed by atoms with Gasteiger partial charge in [-0.3, -0.25) is 9.59 Å². The third-order valence-electron chi connectivity index (χ3n) is 3.63. The maximum absolute atomic E-state index is 12.3. The fourth-order valence-electron chi connectivity index (χ4n) is 2.52. The van der Waals surface area contributed by atoms with Crippen LogP contribution in [0.25, 0.3) is 0 Å². The van der Waals surface area contributed by atoms with Gasteiger partial charge in [-0.1, -0.05) is 6.42 Å². The zero-order valence-corrected chi connectivity index (χ0v) is 11.2. The Morgan fingerprint density at radius 1 is 1.33 bits per heavy atom. The minimum atomic E-state index is -0.771. The first-order valence-corrected chi connectivity index (χ1v) is 6.60. The number of hydrogen-bond acceptors (Lipinski definition) is 3. The topological polar surface area (TPSA) is 66.8 Å². The van der Waals surface area contributed by atoms with Crippen molar-refractivity contribution in [1.29, 1.82) is 0 Å². The van der Waals surface area contributed by atoms with E-state index in [1.165, 1.54) is 0 Å². The highest BCUT2D eigenvalue weighted by Crippen LogP contribution is 2.30. The minimum Gasteiger partial charge on any atom is -0.481 e. The van der Waals surface area contributed by atoms with Gasteiger partial charge >= 0.3 is 5.97 Å². The Hall–Kier alpha value is -1.10. The van der Waals surface area contributed by atoms with Crippen LogP contribution in [0.4, 0.5) is 0 Å². The number of likely N-dealkylation sites (N-methyl/N-ethyl adjacent to an activating group) is 1. The second-order valence-corrected chi connectivity index (χ2v) is 4.81. The fraction of sp³-hybridized carbons (Fsp3) is 0.846. The van der Waals surface area contributed by atoms with Crippen LogP contribution in [0.5, 0.6) is 0 Å². The van der Waals surface area contributed by atoms with E-state index in [4.69, 9.17) is 9.84 Å². The van der Waals surface area contributed by atoms with Crippen molar-refractivity contribution in [2.24, 2.45) is 11.8 Å². The molecule has 1 N–H and O–H groups in total. The number of hydrogen-bond donors (Lipinski definition) is 1. The lowest BCUT2D eigenvalue weighted by Gasteiger charge is -2.30. The van der Waals surface area contributed by atoms with Crippen molar-refractivity contribution in [1.82, 2.24) is 4.90 Å². The number of methoxy groups -OCH3 is 1. The van der Waals surface area contributed by atoms with Crippen molar-refractivity contribution in [2.75, 3.05) is 26.8 Å². The number of carboxylic acid groups (broad SMARTS) is 1. The number of nitrogens with zero attached hydrogens (tertiary/aromatic N) is 1. The maximum atomic E-state index is 12.3. The third kappa shape index (κ3) is 3.98. The first kappa shape index (κ1) is 15.0. The van der Waals surface area contributed by atoms with Crippen LogP contribution in [0.3, 0.4) is 0 Å². The number of carboxylic acids is 1. The number of ether oxygens (including phenoxy) is 1. The normalized spacial score (nSPS) is 23.7. The SMILES string of the molecule is CCN(CCOC)C(=O)C1CCCC(C(=O)O)C1. The molecule has 0 radical (unpaired) electrons. The standard InChI is InChI=1S/C13H23NO4/c1-3-14(7-8-18-2)12(15)10-5-4-6-11(9-10)13(16)17/h10-11H,3-9H2,1-2H3,(H,16,17). The number of rotatable bonds is 6. The molecule has 1 saturated carbocycles. The summed E-state index contributed by atoms with van der Waals surface area (Å²) in [6.45, 7) is 3.69. The molecule has 2 atom stereocenters. The third-order valence-corrected chi connectivity index (χ3v) is 3.63. The zero-order chi connectivity index (χ0) is 13.5. The molecule has 0 heterocycles. The average Bonchev–Trinajstić information content (AvgIpc) is 2.39. The predicted octanol–water partition coefficient (Wildman–Crippen LogP) is 1.37. The number of carbonyl (C=O) groups excluding carboxylic acids is 1. The Labute approximate surface area is 108 Å².